The van der Waals surface area contributed by atoms with Gasteiger partial charge in [0.05, 0.1) is 0 Å². The molecule has 0 fully saturated rings. The minimum atomic E-state index is -2.60. The van der Waals surface area contributed by atoms with E-state index in [0.717, 1.165) is 11.3 Å². The summed E-state index contributed by atoms with van der Waals surface area (Å²) in [5, 5.41) is 21.2. The molecule has 2 rings (SSSR count). The maximum absolute atomic E-state index is 12.7. The molecule has 3 N–H and O–H groups in total. The summed E-state index contributed by atoms with van der Waals surface area (Å²) in [5.41, 5.74) is -1.35. The molecular weight excluding hydrogens is 460 g/mol. The monoisotopic (exact) mass is 483 g/mol. The molecule has 0 aromatic carbocycles. The number of rotatable bonds is 11. The van der Waals surface area contributed by atoms with Crippen LogP contribution >= 0.6 is 11.3 Å². The van der Waals surface area contributed by atoms with Crippen LogP contribution in [0.5, 0.6) is 10.8 Å². The van der Waals surface area contributed by atoms with Gasteiger partial charge < -0.3 is 19.4 Å². The Labute approximate surface area is 191 Å². The quantitative estimate of drug-likeness (QED) is 0.303. The number of alkyl halides is 2. The van der Waals surface area contributed by atoms with E-state index in [1.54, 1.807) is 19.1 Å². The molecule has 178 valence electrons. The lowest BCUT2D eigenvalue weighted by Crippen LogP contribution is -2.16. The Hall–Kier alpha value is -3.47. The number of aromatic hydroxyl groups is 1. The van der Waals surface area contributed by atoms with Gasteiger partial charge in [-0.1, -0.05) is 24.3 Å². The standard InChI is InChI=1S/C22H23F2NO7S/c1-12(5-3-4-8-25-22(29)30)16-10-15(26)19(21(28)32-16)20(27)13(2)9-14-6-7-18(33-14)31-11-17(23)24/h4,6-10,12,17,25-26H,3,5,11H2,1-2H3,(H,29,30). The Morgan fingerprint density at radius 2 is 2.06 bits per heavy atom. The Morgan fingerprint density at radius 3 is 2.70 bits per heavy atom. The van der Waals surface area contributed by atoms with Crippen LogP contribution in [0.1, 0.15) is 53.6 Å². The molecule has 0 aliphatic carbocycles. The third-order valence-corrected chi connectivity index (χ3v) is 5.37. The second-order valence-electron chi connectivity index (χ2n) is 7.04. The fourth-order valence-electron chi connectivity index (χ4n) is 2.76. The highest BCUT2D eigenvalue weighted by atomic mass is 32.1. The van der Waals surface area contributed by atoms with Crippen LogP contribution in [0.2, 0.25) is 0 Å². The number of nitrogens with one attached hydrogen (secondary N) is 1. The first-order valence-corrected chi connectivity index (χ1v) is 10.6. The van der Waals surface area contributed by atoms with Crippen molar-refractivity contribution in [1.82, 2.24) is 5.32 Å². The number of allylic oxidation sites excluding steroid dienone is 2. The molecule has 2 aromatic rings. The normalized spacial score (nSPS) is 12.8. The Kier molecular flexibility index (Phi) is 9.34. The molecule has 2 aromatic heterocycles. The van der Waals surface area contributed by atoms with E-state index in [4.69, 9.17) is 14.3 Å². The molecule has 0 bridgehead atoms. The van der Waals surface area contributed by atoms with E-state index in [2.05, 4.69) is 5.32 Å². The fraction of sp³-hybridized carbons (Fsp3) is 0.318. The van der Waals surface area contributed by atoms with Gasteiger partial charge in [-0.3, -0.25) is 10.1 Å². The second kappa shape index (κ2) is 12.0. The topological polar surface area (TPSA) is 126 Å². The average Bonchev–Trinajstić information content (AvgIpc) is 3.18. The first kappa shape index (κ1) is 25.8. The van der Waals surface area contributed by atoms with E-state index in [1.165, 1.54) is 31.3 Å². The lowest BCUT2D eigenvalue weighted by Gasteiger charge is -2.11. The highest BCUT2D eigenvalue weighted by Crippen LogP contribution is 2.29. The summed E-state index contributed by atoms with van der Waals surface area (Å²) in [6.45, 7) is 2.47. The SMILES string of the molecule is CC(=Cc1ccc(OCC(F)F)s1)C(=O)c1c(O)cc(C(C)CCC=CNC(=O)O)oc1=O. The van der Waals surface area contributed by atoms with Crippen molar-refractivity contribution in [2.24, 2.45) is 0 Å². The zero-order valence-corrected chi connectivity index (χ0v) is 18.7. The molecule has 0 saturated heterocycles. The number of ketones is 1. The molecule has 8 nitrogen and oxygen atoms in total. The summed E-state index contributed by atoms with van der Waals surface area (Å²) >= 11 is 1.05. The number of hydrogen-bond acceptors (Lipinski definition) is 7. The van der Waals surface area contributed by atoms with Gasteiger partial charge in [-0.25, -0.2) is 18.4 Å². The minimum Gasteiger partial charge on any atom is -0.507 e. The van der Waals surface area contributed by atoms with Gasteiger partial charge in [0.2, 0.25) is 0 Å². The zero-order chi connectivity index (χ0) is 24.5. The number of carbonyl (C=O) groups is 2. The number of hydrogen-bond donors (Lipinski definition) is 3. The van der Waals surface area contributed by atoms with E-state index in [0.29, 0.717) is 17.7 Å². The molecular formula is C22H23F2NO7S. The Morgan fingerprint density at radius 1 is 1.33 bits per heavy atom. The smallest absolute Gasteiger partial charge is 0.408 e. The molecule has 0 radical (unpaired) electrons. The number of ether oxygens (including phenoxy) is 1. The van der Waals surface area contributed by atoms with Gasteiger partial charge >= 0.3 is 11.7 Å². The van der Waals surface area contributed by atoms with Gasteiger partial charge in [0.1, 0.15) is 23.7 Å². The predicted octanol–water partition coefficient (Wildman–Crippen LogP) is 5.00. The molecule has 0 aliphatic heterocycles. The van der Waals surface area contributed by atoms with Crippen molar-refractivity contribution in [1.29, 1.82) is 0 Å². The van der Waals surface area contributed by atoms with Crippen LogP contribution in [0.3, 0.4) is 0 Å². The lowest BCUT2D eigenvalue weighted by molar-refractivity contribution is 0.0838. The maximum Gasteiger partial charge on any atom is 0.408 e. The third-order valence-electron chi connectivity index (χ3n) is 4.42. The molecule has 1 unspecified atom stereocenters. The predicted molar refractivity (Wildman–Crippen MR) is 118 cm³/mol. The van der Waals surface area contributed by atoms with Crippen LogP contribution in [-0.4, -0.2) is 35.1 Å². The Bertz CT molecular complexity index is 1100. The molecule has 1 atom stereocenters. The number of Topliss-reactive ketones (excluding diaryl/α,β-unsaturated/α-hetero) is 1. The van der Waals surface area contributed by atoms with Crippen LogP contribution in [0, 0.1) is 0 Å². The lowest BCUT2D eigenvalue weighted by atomic mass is 10.00. The van der Waals surface area contributed by atoms with Gasteiger partial charge in [0, 0.05) is 23.1 Å². The maximum atomic E-state index is 12.7. The number of amides is 1. The van der Waals surface area contributed by atoms with Crippen molar-refractivity contribution >= 4 is 29.3 Å². The number of halogens is 2. The van der Waals surface area contributed by atoms with Gasteiger partial charge in [0.15, 0.2) is 10.8 Å². The van der Waals surface area contributed by atoms with Crippen molar-refractivity contribution in [3.63, 3.8) is 0 Å². The average molecular weight is 483 g/mol. The molecule has 0 spiro atoms. The second-order valence-corrected chi connectivity index (χ2v) is 8.12. The van der Waals surface area contributed by atoms with Gasteiger partial charge in [0.25, 0.3) is 6.43 Å². The first-order chi connectivity index (χ1) is 15.6. The minimum absolute atomic E-state index is 0.136. The summed E-state index contributed by atoms with van der Waals surface area (Å²) in [4.78, 5) is 36.1. The van der Waals surface area contributed by atoms with E-state index in [1.807, 2.05) is 0 Å². The summed E-state index contributed by atoms with van der Waals surface area (Å²) in [5.74, 6) is -1.33. The largest absolute Gasteiger partial charge is 0.507 e. The van der Waals surface area contributed by atoms with E-state index >= 15 is 0 Å². The summed E-state index contributed by atoms with van der Waals surface area (Å²) in [6.07, 6.45) is 1.53. The van der Waals surface area contributed by atoms with Crippen LogP contribution in [0.15, 0.2) is 45.3 Å². The van der Waals surface area contributed by atoms with Crippen molar-refractivity contribution in [2.75, 3.05) is 6.61 Å². The zero-order valence-electron chi connectivity index (χ0n) is 17.8. The van der Waals surface area contributed by atoms with Crippen molar-refractivity contribution in [3.05, 3.63) is 62.7 Å². The van der Waals surface area contributed by atoms with Crippen LogP contribution in [0.4, 0.5) is 13.6 Å². The highest BCUT2D eigenvalue weighted by Gasteiger charge is 2.22. The summed E-state index contributed by atoms with van der Waals surface area (Å²) in [6, 6.07) is 4.29. The number of thiophene rings is 1. The number of carbonyl (C=O) groups excluding carboxylic acids is 1. The first-order valence-electron chi connectivity index (χ1n) is 9.83. The Balaban J connectivity index is 2.11. The van der Waals surface area contributed by atoms with Crippen molar-refractivity contribution in [3.8, 4) is 10.8 Å². The van der Waals surface area contributed by atoms with Crippen LogP contribution in [-0.2, 0) is 0 Å². The summed E-state index contributed by atoms with van der Waals surface area (Å²) in [7, 11) is 0. The highest BCUT2D eigenvalue weighted by molar-refractivity contribution is 7.14. The summed E-state index contributed by atoms with van der Waals surface area (Å²) < 4.78 is 34.6. The van der Waals surface area contributed by atoms with E-state index in [-0.39, 0.29) is 22.3 Å². The van der Waals surface area contributed by atoms with Crippen molar-refractivity contribution < 1.29 is 37.7 Å². The molecule has 2 heterocycles. The molecule has 1 amide bonds. The third kappa shape index (κ3) is 7.86. The number of carboxylic acid groups (broad SMARTS) is 1. The van der Waals surface area contributed by atoms with E-state index < -0.39 is 41.8 Å². The molecule has 33 heavy (non-hydrogen) atoms. The van der Waals surface area contributed by atoms with Gasteiger partial charge in [-0.2, -0.15) is 0 Å². The molecule has 0 saturated carbocycles. The van der Waals surface area contributed by atoms with Gasteiger partial charge in [-0.05, 0) is 43.5 Å². The van der Waals surface area contributed by atoms with Crippen LogP contribution in [0.25, 0.3) is 6.08 Å². The van der Waals surface area contributed by atoms with Crippen LogP contribution < -0.4 is 15.7 Å². The fourth-order valence-corrected chi connectivity index (χ4v) is 3.63. The molecule has 11 heteroatoms. The van der Waals surface area contributed by atoms with E-state index in [9.17, 15) is 28.3 Å². The molecule has 0 aliphatic rings. The van der Waals surface area contributed by atoms with Crippen molar-refractivity contribution in [2.45, 2.75) is 39.0 Å². The van der Waals surface area contributed by atoms with Gasteiger partial charge in [-0.15, -0.1) is 0 Å².